The summed E-state index contributed by atoms with van der Waals surface area (Å²) in [5.41, 5.74) is 1.89. The average molecular weight is 489 g/mol. The zero-order chi connectivity index (χ0) is 26.1. The van der Waals surface area contributed by atoms with Crippen molar-refractivity contribution in [1.29, 1.82) is 5.26 Å². The number of benzene rings is 4. The maximum Gasteiger partial charge on any atom is 0.338 e. The summed E-state index contributed by atoms with van der Waals surface area (Å²) < 4.78 is 5.28. The lowest BCUT2D eigenvalue weighted by molar-refractivity contribution is -0.123. The highest BCUT2D eigenvalue weighted by atomic mass is 16.5. The van der Waals surface area contributed by atoms with Crippen LogP contribution in [0.4, 0.5) is 11.4 Å². The second kappa shape index (κ2) is 9.40. The first-order valence-electron chi connectivity index (χ1n) is 11.4. The van der Waals surface area contributed by atoms with Crippen LogP contribution < -0.4 is 10.2 Å². The van der Waals surface area contributed by atoms with E-state index in [1.165, 1.54) is 31.2 Å². The Morgan fingerprint density at radius 2 is 1.49 bits per heavy atom. The summed E-state index contributed by atoms with van der Waals surface area (Å²) in [6.07, 6.45) is -1.14. The fourth-order valence-corrected chi connectivity index (χ4v) is 4.22. The molecule has 1 N–H and O–H groups in total. The van der Waals surface area contributed by atoms with Crippen molar-refractivity contribution in [3.63, 3.8) is 0 Å². The van der Waals surface area contributed by atoms with E-state index in [1.807, 2.05) is 18.2 Å². The highest BCUT2D eigenvalue weighted by Gasteiger charge is 2.34. The molecule has 0 fully saturated rings. The number of nitrogens with zero attached hydrogens (tertiary/aromatic N) is 2. The number of hydrogen-bond acceptors (Lipinski definition) is 6. The third kappa shape index (κ3) is 4.19. The molecule has 5 rings (SSSR count). The van der Waals surface area contributed by atoms with Gasteiger partial charge in [-0.05, 0) is 60.8 Å². The van der Waals surface area contributed by atoms with E-state index < -0.39 is 29.8 Å². The molecule has 0 aliphatic carbocycles. The minimum absolute atomic E-state index is 0.139. The van der Waals surface area contributed by atoms with Gasteiger partial charge in [-0.15, -0.1) is 0 Å². The monoisotopic (exact) mass is 489 g/mol. The van der Waals surface area contributed by atoms with Crippen molar-refractivity contribution >= 4 is 45.8 Å². The predicted octanol–water partition coefficient (Wildman–Crippen LogP) is 4.70. The number of hydrogen-bond donors (Lipinski definition) is 1. The highest BCUT2D eigenvalue weighted by molar-refractivity contribution is 6.35. The molecule has 37 heavy (non-hydrogen) atoms. The van der Waals surface area contributed by atoms with E-state index in [4.69, 9.17) is 10.00 Å². The van der Waals surface area contributed by atoms with Crippen molar-refractivity contribution in [2.45, 2.75) is 13.0 Å². The minimum Gasteiger partial charge on any atom is -0.449 e. The van der Waals surface area contributed by atoms with Crippen molar-refractivity contribution in [2.24, 2.45) is 0 Å². The Hall–Kier alpha value is -5.29. The fourth-order valence-electron chi connectivity index (χ4n) is 4.22. The van der Waals surface area contributed by atoms with Crippen LogP contribution in [0.5, 0.6) is 0 Å². The third-order valence-corrected chi connectivity index (χ3v) is 6.09. The number of rotatable bonds is 5. The molecule has 3 amide bonds. The van der Waals surface area contributed by atoms with Crippen LogP contribution in [0.3, 0.4) is 0 Å². The smallest absolute Gasteiger partial charge is 0.338 e. The number of ether oxygens (including phenoxy) is 1. The van der Waals surface area contributed by atoms with Crippen LogP contribution >= 0.6 is 0 Å². The molecule has 1 unspecified atom stereocenters. The lowest BCUT2D eigenvalue weighted by atomic mass is 9.94. The number of amides is 3. The average Bonchev–Trinajstić information content (AvgIpc) is 2.92. The Balaban J connectivity index is 1.31. The number of carbonyl (C=O) groups is 4. The van der Waals surface area contributed by atoms with Crippen LogP contribution in [-0.4, -0.2) is 29.8 Å². The molecule has 0 aromatic heterocycles. The first-order valence-corrected chi connectivity index (χ1v) is 11.4. The van der Waals surface area contributed by atoms with Crippen LogP contribution in [0.15, 0.2) is 84.9 Å². The summed E-state index contributed by atoms with van der Waals surface area (Å²) in [5, 5.41) is 13.2. The molecule has 1 aliphatic rings. The van der Waals surface area contributed by atoms with Crippen molar-refractivity contribution in [2.75, 3.05) is 10.2 Å². The normalized spacial score (nSPS) is 13.1. The van der Waals surface area contributed by atoms with Gasteiger partial charge in [0, 0.05) is 16.5 Å². The summed E-state index contributed by atoms with van der Waals surface area (Å²) >= 11 is 0. The van der Waals surface area contributed by atoms with Gasteiger partial charge < -0.3 is 10.1 Å². The zero-order valence-electron chi connectivity index (χ0n) is 19.6. The molecule has 0 bridgehead atoms. The molecular formula is C29H19N3O5. The number of anilines is 2. The Labute approximate surface area is 211 Å². The number of imide groups is 1. The van der Waals surface area contributed by atoms with Gasteiger partial charge in [0.05, 0.1) is 22.5 Å². The summed E-state index contributed by atoms with van der Waals surface area (Å²) in [4.78, 5) is 52.6. The Bertz CT molecular complexity index is 1590. The Morgan fingerprint density at radius 3 is 2.11 bits per heavy atom. The lowest BCUT2D eigenvalue weighted by Crippen LogP contribution is -2.40. The second-order valence-electron chi connectivity index (χ2n) is 8.40. The van der Waals surface area contributed by atoms with Crippen molar-refractivity contribution in [1.82, 2.24) is 0 Å². The standard InChI is InChI=1S/C29H19N3O5/c1-17(26(33)31-24-11-3-2-6-20(24)16-30)37-29(36)19-12-14-21(15-13-19)32-27(34)22-9-4-7-18-8-5-10-23(25(18)22)28(32)35/h2-15,17H,1H3,(H,31,33). The van der Waals surface area contributed by atoms with Gasteiger partial charge in [0.25, 0.3) is 17.7 Å². The number of nitrogens with one attached hydrogen (secondary N) is 1. The zero-order valence-corrected chi connectivity index (χ0v) is 19.6. The van der Waals surface area contributed by atoms with Gasteiger partial charge in [0.15, 0.2) is 6.10 Å². The van der Waals surface area contributed by atoms with E-state index >= 15 is 0 Å². The molecule has 4 aromatic carbocycles. The van der Waals surface area contributed by atoms with Gasteiger partial charge in [-0.25, -0.2) is 9.69 Å². The fraction of sp³-hybridized carbons (Fsp3) is 0.0690. The molecule has 180 valence electrons. The quantitative estimate of drug-likeness (QED) is 0.321. The molecule has 1 heterocycles. The van der Waals surface area contributed by atoms with Crippen molar-refractivity contribution in [3.8, 4) is 6.07 Å². The van der Waals surface area contributed by atoms with E-state index in [0.29, 0.717) is 27.9 Å². The maximum atomic E-state index is 13.2. The van der Waals surface area contributed by atoms with Gasteiger partial charge >= 0.3 is 5.97 Å². The van der Waals surface area contributed by atoms with Crippen molar-refractivity contribution in [3.05, 3.63) is 107 Å². The largest absolute Gasteiger partial charge is 0.449 e. The Kier molecular flexibility index (Phi) is 5.96. The van der Waals surface area contributed by atoms with Gasteiger partial charge in [0.2, 0.25) is 0 Å². The lowest BCUT2D eigenvalue weighted by Gasteiger charge is -2.27. The number of nitriles is 1. The molecule has 8 heteroatoms. The topological polar surface area (TPSA) is 117 Å². The first-order chi connectivity index (χ1) is 17.9. The molecule has 1 aliphatic heterocycles. The van der Waals surface area contributed by atoms with E-state index in [2.05, 4.69) is 5.32 Å². The molecule has 0 radical (unpaired) electrons. The maximum absolute atomic E-state index is 13.2. The number of para-hydroxylation sites is 1. The molecular weight excluding hydrogens is 470 g/mol. The van der Waals surface area contributed by atoms with E-state index in [9.17, 15) is 19.2 Å². The van der Waals surface area contributed by atoms with Crippen LogP contribution in [0.25, 0.3) is 10.8 Å². The molecule has 0 saturated carbocycles. The van der Waals surface area contributed by atoms with E-state index in [0.717, 1.165) is 10.3 Å². The van der Waals surface area contributed by atoms with E-state index in [1.54, 1.807) is 48.5 Å². The van der Waals surface area contributed by atoms with Crippen LogP contribution in [0.1, 0.15) is 43.6 Å². The van der Waals surface area contributed by atoms with Crippen molar-refractivity contribution < 1.29 is 23.9 Å². The van der Waals surface area contributed by atoms with E-state index in [-0.39, 0.29) is 11.1 Å². The van der Waals surface area contributed by atoms with Gasteiger partial charge in [-0.1, -0.05) is 36.4 Å². The number of carbonyl (C=O) groups excluding carboxylic acids is 4. The predicted molar refractivity (Wildman–Crippen MR) is 136 cm³/mol. The van der Waals surface area contributed by atoms with Gasteiger partial charge in [0.1, 0.15) is 6.07 Å². The molecule has 8 nitrogen and oxygen atoms in total. The molecule has 4 aromatic rings. The third-order valence-electron chi connectivity index (χ3n) is 6.09. The summed E-state index contributed by atoms with van der Waals surface area (Å²) in [6.45, 7) is 1.42. The van der Waals surface area contributed by atoms with Gasteiger partial charge in [-0.3, -0.25) is 14.4 Å². The summed E-state index contributed by atoms with van der Waals surface area (Å²) in [6, 6.07) is 24.9. The number of esters is 1. The minimum atomic E-state index is -1.14. The SMILES string of the molecule is CC(OC(=O)c1ccc(N2C(=O)c3cccc4cccc(c34)C2=O)cc1)C(=O)Nc1ccccc1C#N. The summed E-state index contributed by atoms with van der Waals surface area (Å²) in [7, 11) is 0. The highest BCUT2D eigenvalue weighted by Crippen LogP contribution is 2.32. The Morgan fingerprint density at radius 1 is 0.865 bits per heavy atom. The molecule has 0 saturated heterocycles. The molecule has 0 spiro atoms. The molecule has 1 atom stereocenters. The van der Waals surface area contributed by atoms with Crippen LogP contribution in [0.2, 0.25) is 0 Å². The summed E-state index contributed by atoms with van der Waals surface area (Å²) in [5.74, 6) is -2.25. The van der Waals surface area contributed by atoms with Gasteiger partial charge in [-0.2, -0.15) is 5.26 Å². The first kappa shape index (κ1) is 23.5. The van der Waals surface area contributed by atoms with Crippen LogP contribution in [-0.2, 0) is 9.53 Å². The second-order valence-corrected chi connectivity index (χ2v) is 8.40. The van der Waals surface area contributed by atoms with Crippen LogP contribution in [0, 0.1) is 11.3 Å².